The van der Waals surface area contributed by atoms with Gasteiger partial charge in [0.15, 0.2) is 0 Å². The smallest absolute Gasteiger partial charge is 0.404 e. The van der Waals surface area contributed by atoms with Crippen molar-refractivity contribution in [2.75, 3.05) is 6.61 Å². The number of aliphatic hydroxyl groups is 2. The Bertz CT molecular complexity index is 355. The molecule has 1 aromatic rings. The van der Waals surface area contributed by atoms with E-state index in [0.29, 0.717) is 19.3 Å². The molecule has 1 rings (SSSR count). The highest BCUT2D eigenvalue weighted by Crippen LogP contribution is 2.09. The molecular weight excluding hydrogens is 234 g/mol. The molecule has 0 bridgehead atoms. The molecule has 100 valence electrons. The predicted molar refractivity (Wildman–Crippen MR) is 67.4 cm³/mol. The number of hydrogen-bond donors (Lipinski definition) is 4. The van der Waals surface area contributed by atoms with Crippen LogP contribution in [-0.4, -0.2) is 40.2 Å². The van der Waals surface area contributed by atoms with Crippen molar-refractivity contribution in [2.45, 2.75) is 31.4 Å². The lowest BCUT2D eigenvalue weighted by Crippen LogP contribution is -2.37. The summed E-state index contributed by atoms with van der Waals surface area (Å²) in [4.78, 5) is 10.4. The van der Waals surface area contributed by atoms with E-state index in [2.05, 4.69) is 5.32 Å². The zero-order chi connectivity index (χ0) is 13.4. The summed E-state index contributed by atoms with van der Waals surface area (Å²) in [5.41, 5.74) is 1.04. The molecule has 0 aliphatic heterocycles. The van der Waals surface area contributed by atoms with E-state index in [1.54, 1.807) is 0 Å². The second-order valence-corrected chi connectivity index (χ2v) is 4.25. The van der Waals surface area contributed by atoms with Gasteiger partial charge in [0, 0.05) is 0 Å². The number of aliphatic hydroxyl groups excluding tert-OH is 2. The van der Waals surface area contributed by atoms with Crippen molar-refractivity contribution in [3.05, 3.63) is 35.9 Å². The Labute approximate surface area is 106 Å². The molecule has 0 saturated carbocycles. The summed E-state index contributed by atoms with van der Waals surface area (Å²) in [7, 11) is 0. The summed E-state index contributed by atoms with van der Waals surface area (Å²) in [5, 5.41) is 29.5. The summed E-state index contributed by atoms with van der Waals surface area (Å²) in [6, 6.07) is 9.07. The van der Waals surface area contributed by atoms with E-state index < -0.39 is 18.2 Å². The van der Waals surface area contributed by atoms with Gasteiger partial charge in [-0.3, -0.25) is 0 Å². The molecule has 0 fully saturated rings. The molecule has 1 aromatic carbocycles. The van der Waals surface area contributed by atoms with Crippen molar-refractivity contribution in [2.24, 2.45) is 0 Å². The molecular formula is C13H19NO4. The average Bonchev–Trinajstić information content (AvgIpc) is 2.35. The van der Waals surface area contributed by atoms with E-state index in [9.17, 15) is 9.90 Å². The first kappa shape index (κ1) is 14.5. The Balaban J connectivity index is 2.31. The van der Waals surface area contributed by atoms with Gasteiger partial charge in [0.25, 0.3) is 0 Å². The normalized spacial score (nSPS) is 13.9. The largest absolute Gasteiger partial charge is 0.465 e. The van der Waals surface area contributed by atoms with Gasteiger partial charge >= 0.3 is 6.09 Å². The highest BCUT2D eigenvalue weighted by molar-refractivity contribution is 5.64. The zero-order valence-electron chi connectivity index (χ0n) is 10.1. The number of rotatable bonds is 7. The molecule has 5 nitrogen and oxygen atoms in total. The van der Waals surface area contributed by atoms with Crippen LogP contribution in [0.25, 0.3) is 0 Å². The number of hydrogen-bond acceptors (Lipinski definition) is 3. The van der Waals surface area contributed by atoms with Crippen LogP contribution < -0.4 is 5.32 Å². The van der Waals surface area contributed by atoms with Gasteiger partial charge in [-0.1, -0.05) is 30.3 Å². The van der Waals surface area contributed by atoms with Crippen molar-refractivity contribution in [1.82, 2.24) is 5.32 Å². The van der Waals surface area contributed by atoms with Crippen LogP contribution in [0.5, 0.6) is 0 Å². The molecule has 2 atom stereocenters. The van der Waals surface area contributed by atoms with E-state index in [0.717, 1.165) is 5.56 Å². The Morgan fingerprint density at radius 2 is 1.89 bits per heavy atom. The molecule has 4 N–H and O–H groups in total. The summed E-state index contributed by atoms with van der Waals surface area (Å²) >= 11 is 0. The lowest BCUT2D eigenvalue weighted by Gasteiger charge is -2.16. The fraction of sp³-hybridized carbons (Fsp3) is 0.462. The first-order valence-corrected chi connectivity index (χ1v) is 5.94. The topological polar surface area (TPSA) is 89.8 Å². The lowest BCUT2D eigenvalue weighted by atomic mass is 10.0. The molecule has 0 heterocycles. The minimum absolute atomic E-state index is 0.260. The molecule has 0 spiro atoms. The zero-order valence-corrected chi connectivity index (χ0v) is 10.1. The average molecular weight is 253 g/mol. The van der Waals surface area contributed by atoms with Crippen LogP contribution in [0.4, 0.5) is 4.79 Å². The molecule has 0 saturated heterocycles. The Morgan fingerprint density at radius 1 is 1.22 bits per heavy atom. The van der Waals surface area contributed by atoms with Crippen LogP contribution in [0.3, 0.4) is 0 Å². The molecule has 0 radical (unpaired) electrons. The van der Waals surface area contributed by atoms with Crippen molar-refractivity contribution in [3.63, 3.8) is 0 Å². The first-order chi connectivity index (χ1) is 8.61. The molecule has 0 aliphatic carbocycles. The molecule has 5 heteroatoms. The Hall–Kier alpha value is -1.59. The molecule has 0 aromatic heterocycles. The number of benzene rings is 1. The number of nitrogens with one attached hydrogen (secondary N) is 1. The third-order valence-electron chi connectivity index (χ3n) is 2.71. The minimum atomic E-state index is -1.16. The summed E-state index contributed by atoms with van der Waals surface area (Å²) in [6.45, 7) is -0.260. The number of carboxylic acid groups (broad SMARTS) is 1. The number of carbonyl (C=O) groups is 1. The molecule has 18 heavy (non-hydrogen) atoms. The Kier molecular flexibility index (Phi) is 6.18. The van der Waals surface area contributed by atoms with E-state index in [1.807, 2.05) is 30.3 Å². The third-order valence-corrected chi connectivity index (χ3v) is 2.71. The van der Waals surface area contributed by atoms with Crippen LogP contribution in [0.2, 0.25) is 0 Å². The number of amides is 1. The maximum atomic E-state index is 10.4. The highest BCUT2D eigenvalue weighted by atomic mass is 16.4. The van der Waals surface area contributed by atoms with E-state index in [4.69, 9.17) is 10.2 Å². The van der Waals surface area contributed by atoms with Gasteiger partial charge in [-0.25, -0.2) is 4.79 Å². The van der Waals surface area contributed by atoms with E-state index in [1.165, 1.54) is 0 Å². The summed E-state index contributed by atoms with van der Waals surface area (Å²) in [6.07, 6.45) is -0.299. The standard InChI is InChI=1S/C13H19NO4/c15-9-11(14-13(17)18)6-7-12(16)8-10-4-2-1-3-5-10/h1-5,11-12,14-16H,6-9H2,(H,17,18)/t11-,12?/m1/s1. The van der Waals surface area contributed by atoms with Gasteiger partial charge in [0.2, 0.25) is 0 Å². The van der Waals surface area contributed by atoms with Crippen molar-refractivity contribution in [1.29, 1.82) is 0 Å². The quantitative estimate of drug-likeness (QED) is 0.583. The molecule has 0 aliphatic rings. The van der Waals surface area contributed by atoms with Crippen LogP contribution in [0.15, 0.2) is 30.3 Å². The third kappa shape index (κ3) is 5.65. The minimum Gasteiger partial charge on any atom is -0.465 e. The first-order valence-electron chi connectivity index (χ1n) is 5.94. The van der Waals surface area contributed by atoms with Gasteiger partial charge in [-0.05, 0) is 24.8 Å². The van der Waals surface area contributed by atoms with Crippen LogP contribution in [0, 0.1) is 0 Å². The fourth-order valence-electron chi connectivity index (χ4n) is 1.77. The van der Waals surface area contributed by atoms with Gasteiger partial charge < -0.3 is 20.6 Å². The second-order valence-electron chi connectivity index (χ2n) is 4.25. The summed E-state index contributed by atoms with van der Waals surface area (Å²) in [5.74, 6) is 0. The van der Waals surface area contributed by atoms with Crippen molar-refractivity contribution in [3.8, 4) is 0 Å². The SMILES string of the molecule is O=C(O)N[C@@H](CO)CCC(O)Cc1ccccc1. The van der Waals surface area contributed by atoms with Gasteiger partial charge in [0.05, 0.1) is 18.8 Å². The van der Waals surface area contributed by atoms with Crippen LogP contribution >= 0.6 is 0 Å². The predicted octanol–water partition coefficient (Wildman–Crippen LogP) is 0.999. The maximum absolute atomic E-state index is 10.4. The molecule has 1 amide bonds. The molecule has 1 unspecified atom stereocenters. The highest BCUT2D eigenvalue weighted by Gasteiger charge is 2.13. The monoisotopic (exact) mass is 253 g/mol. The van der Waals surface area contributed by atoms with Crippen LogP contribution in [-0.2, 0) is 6.42 Å². The summed E-state index contributed by atoms with van der Waals surface area (Å²) < 4.78 is 0. The van der Waals surface area contributed by atoms with Crippen molar-refractivity contribution < 1.29 is 20.1 Å². The Morgan fingerprint density at radius 3 is 2.44 bits per heavy atom. The van der Waals surface area contributed by atoms with E-state index >= 15 is 0 Å². The lowest BCUT2D eigenvalue weighted by molar-refractivity contribution is 0.142. The van der Waals surface area contributed by atoms with Crippen molar-refractivity contribution >= 4 is 6.09 Å². The van der Waals surface area contributed by atoms with Gasteiger partial charge in [0.1, 0.15) is 0 Å². The second kappa shape index (κ2) is 7.68. The van der Waals surface area contributed by atoms with Gasteiger partial charge in [-0.2, -0.15) is 0 Å². The van der Waals surface area contributed by atoms with Gasteiger partial charge in [-0.15, -0.1) is 0 Å². The van der Waals surface area contributed by atoms with E-state index in [-0.39, 0.29) is 6.61 Å². The van der Waals surface area contributed by atoms with Crippen LogP contribution in [0.1, 0.15) is 18.4 Å². The fourth-order valence-corrected chi connectivity index (χ4v) is 1.77. The maximum Gasteiger partial charge on any atom is 0.404 e.